The second-order valence-electron chi connectivity index (χ2n) is 6.07. The van der Waals surface area contributed by atoms with Gasteiger partial charge in [-0.3, -0.25) is 9.59 Å². The van der Waals surface area contributed by atoms with Crippen molar-refractivity contribution in [3.8, 4) is 0 Å². The van der Waals surface area contributed by atoms with Crippen LogP contribution >= 0.6 is 11.8 Å². The van der Waals surface area contributed by atoms with Gasteiger partial charge in [-0.1, -0.05) is 24.3 Å². The van der Waals surface area contributed by atoms with E-state index in [0.717, 1.165) is 23.4 Å². The molecule has 130 valence electrons. The molecule has 0 unspecified atom stereocenters. The van der Waals surface area contributed by atoms with Crippen LogP contribution < -0.4 is 5.32 Å². The van der Waals surface area contributed by atoms with E-state index in [4.69, 9.17) is 4.74 Å². The van der Waals surface area contributed by atoms with E-state index in [2.05, 4.69) is 11.4 Å². The standard InChI is InChI=1S/C20H21NO3S/c1-14(25-18-8-3-2-4-9-18)20(23)24-13-19(22)21-17-11-10-15-6-5-7-16(15)12-17/h2-4,8-12,14H,5-7,13H2,1H3,(H,21,22)/t14-/m1/s1. The molecule has 1 amide bonds. The van der Waals surface area contributed by atoms with Crippen LogP contribution in [0.1, 0.15) is 24.5 Å². The van der Waals surface area contributed by atoms with Crippen molar-refractivity contribution < 1.29 is 14.3 Å². The Hall–Kier alpha value is -2.27. The van der Waals surface area contributed by atoms with Gasteiger partial charge in [-0.05, 0) is 61.6 Å². The predicted octanol–water partition coefficient (Wildman–Crippen LogP) is 3.84. The normalized spacial score (nSPS) is 13.8. The molecule has 1 atom stereocenters. The fraction of sp³-hybridized carbons (Fsp3) is 0.300. The Kier molecular flexibility index (Phi) is 5.76. The number of anilines is 1. The first-order chi connectivity index (χ1) is 12.1. The minimum absolute atomic E-state index is 0.268. The molecule has 0 spiro atoms. The number of hydrogen-bond acceptors (Lipinski definition) is 4. The summed E-state index contributed by atoms with van der Waals surface area (Å²) in [4.78, 5) is 25.0. The third kappa shape index (κ3) is 4.86. The van der Waals surface area contributed by atoms with Crippen LogP contribution in [-0.2, 0) is 27.2 Å². The van der Waals surface area contributed by atoms with Gasteiger partial charge in [0.15, 0.2) is 6.61 Å². The van der Waals surface area contributed by atoms with Gasteiger partial charge >= 0.3 is 5.97 Å². The van der Waals surface area contributed by atoms with Crippen LogP contribution in [0.5, 0.6) is 0 Å². The Morgan fingerprint density at radius 3 is 2.68 bits per heavy atom. The molecule has 0 fully saturated rings. The first-order valence-electron chi connectivity index (χ1n) is 8.42. The summed E-state index contributed by atoms with van der Waals surface area (Å²) < 4.78 is 5.13. The highest BCUT2D eigenvalue weighted by Gasteiger charge is 2.18. The number of aryl methyl sites for hydroxylation is 2. The number of benzene rings is 2. The molecule has 2 aromatic carbocycles. The summed E-state index contributed by atoms with van der Waals surface area (Å²) in [5, 5.41) is 2.43. The van der Waals surface area contributed by atoms with E-state index in [1.807, 2.05) is 42.5 Å². The molecule has 1 N–H and O–H groups in total. The van der Waals surface area contributed by atoms with Crippen LogP contribution in [0, 0.1) is 0 Å². The second-order valence-corrected chi connectivity index (χ2v) is 7.48. The average Bonchev–Trinajstić information content (AvgIpc) is 3.08. The lowest BCUT2D eigenvalue weighted by Crippen LogP contribution is -2.24. The van der Waals surface area contributed by atoms with E-state index >= 15 is 0 Å². The van der Waals surface area contributed by atoms with E-state index in [1.54, 1.807) is 6.92 Å². The molecule has 0 aromatic heterocycles. The number of nitrogens with one attached hydrogen (secondary N) is 1. The van der Waals surface area contributed by atoms with Gasteiger partial charge in [-0.25, -0.2) is 0 Å². The molecule has 1 aliphatic rings. The molecule has 5 heteroatoms. The predicted molar refractivity (Wildman–Crippen MR) is 99.8 cm³/mol. The third-order valence-electron chi connectivity index (χ3n) is 4.12. The van der Waals surface area contributed by atoms with Crippen LogP contribution in [0.4, 0.5) is 5.69 Å². The van der Waals surface area contributed by atoms with E-state index in [1.165, 1.54) is 29.3 Å². The second kappa shape index (κ2) is 8.21. The van der Waals surface area contributed by atoms with Gasteiger partial charge in [0.1, 0.15) is 5.25 Å². The highest BCUT2D eigenvalue weighted by atomic mass is 32.2. The number of ether oxygens (including phenoxy) is 1. The minimum Gasteiger partial charge on any atom is -0.455 e. The molecular weight excluding hydrogens is 334 g/mol. The maximum Gasteiger partial charge on any atom is 0.319 e. The van der Waals surface area contributed by atoms with Crippen molar-refractivity contribution >= 4 is 29.3 Å². The fourth-order valence-corrected chi connectivity index (χ4v) is 3.74. The summed E-state index contributed by atoms with van der Waals surface area (Å²) in [5.41, 5.74) is 3.41. The van der Waals surface area contributed by atoms with Gasteiger partial charge in [0.25, 0.3) is 5.91 Å². The molecule has 0 bridgehead atoms. The number of thioether (sulfide) groups is 1. The zero-order valence-electron chi connectivity index (χ0n) is 14.2. The molecule has 0 radical (unpaired) electrons. The molecule has 0 aliphatic heterocycles. The Morgan fingerprint density at radius 1 is 1.12 bits per heavy atom. The van der Waals surface area contributed by atoms with Crippen LogP contribution in [0.3, 0.4) is 0 Å². The Labute approximate surface area is 152 Å². The fourth-order valence-electron chi connectivity index (χ4n) is 2.85. The SMILES string of the molecule is C[C@@H](Sc1ccccc1)C(=O)OCC(=O)Nc1ccc2c(c1)CCC2. The van der Waals surface area contributed by atoms with Gasteiger partial charge in [0.05, 0.1) is 0 Å². The van der Waals surface area contributed by atoms with Crippen molar-refractivity contribution in [3.05, 3.63) is 59.7 Å². The molecule has 0 heterocycles. The lowest BCUT2D eigenvalue weighted by Gasteiger charge is -2.12. The van der Waals surface area contributed by atoms with Crippen molar-refractivity contribution in [1.82, 2.24) is 0 Å². The van der Waals surface area contributed by atoms with E-state index < -0.39 is 5.97 Å². The van der Waals surface area contributed by atoms with Crippen LogP contribution in [0.25, 0.3) is 0 Å². The number of rotatable bonds is 6. The zero-order chi connectivity index (χ0) is 17.6. The lowest BCUT2D eigenvalue weighted by atomic mass is 10.1. The van der Waals surface area contributed by atoms with Crippen LogP contribution in [0.2, 0.25) is 0 Å². The van der Waals surface area contributed by atoms with Crippen molar-refractivity contribution in [1.29, 1.82) is 0 Å². The maximum absolute atomic E-state index is 12.0. The number of amides is 1. The van der Waals surface area contributed by atoms with Crippen LogP contribution in [0.15, 0.2) is 53.4 Å². The lowest BCUT2D eigenvalue weighted by molar-refractivity contribution is -0.146. The Morgan fingerprint density at radius 2 is 1.88 bits per heavy atom. The topological polar surface area (TPSA) is 55.4 Å². The van der Waals surface area contributed by atoms with Crippen molar-refractivity contribution in [2.24, 2.45) is 0 Å². The van der Waals surface area contributed by atoms with Gasteiger partial charge in [-0.2, -0.15) is 0 Å². The molecule has 4 nitrogen and oxygen atoms in total. The number of fused-ring (bicyclic) bond motifs is 1. The number of carbonyl (C=O) groups excluding carboxylic acids is 2. The third-order valence-corrected chi connectivity index (χ3v) is 5.21. The van der Waals surface area contributed by atoms with Crippen molar-refractivity contribution in [2.75, 3.05) is 11.9 Å². The van der Waals surface area contributed by atoms with Gasteiger partial charge in [0.2, 0.25) is 0 Å². The maximum atomic E-state index is 12.0. The summed E-state index contributed by atoms with van der Waals surface area (Å²) in [6.07, 6.45) is 3.34. The van der Waals surface area contributed by atoms with Crippen molar-refractivity contribution in [3.63, 3.8) is 0 Å². The quantitative estimate of drug-likeness (QED) is 0.632. The highest BCUT2D eigenvalue weighted by molar-refractivity contribution is 8.00. The smallest absolute Gasteiger partial charge is 0.319 e. The molecule has 2 aromatic rings. The largest absolute Gasteiger partial charge is 0.455 e. The summed E-state index contributed by atoms with van der Waals surface area (Å²) in [6, 6.07) is 15.6. The van der Waals surface area contributed by atoms with Gasteiger partial charge in [-0.15, -0.1) is 11.8 Å². The van der Waals surface area contributed by atoms with Crippen molar-refractivity contribution in [2.45, 2.75) is 36.3 Å². The number of esters is 1. The van der Waals surface area contributed by atoms with Gasteiger partial charge in [0, 0.05) is 10.6 Å². The Bertz CT molecular complexity index is 761. The Balaban J connectivity index is 1.46. The molecule has 0 saturated carbocycles. The molecule has 0 saturated heterocycles. The van der Waals surface area contributed by atoms with E-state index in [9.17, 15) is 9.59 Å². The first kappa shape index (κ1) is 17.5. The minimum atomic E-state index is -0.391. The molecule has 25 heavy (non-hydrogen) atoms. The molecule has 1 aliphatic carbocycles. The highest BCUT2D eigenvalue weighted by Crippen LogP contribution is 2.25. The number of hydrogen-bond donors (Lipinski definition) is 1. The van der Waals surface area contributed by atoms with Crippen LogP contribution in [-0.4, -0.2) is 23.7 Å². The zero-order valence-corrected chi connectivity index (χ0v) is 15.0. The summed E-state index contributed by atoms with van der Waals surface area (Å²) in [6.45, 7) is 1.51. The van der Waals surface area contributed by atoms with E-state index in [0.29, 0.717) is 0 Å². The van der Waals surface area contributed by atoms with E-state index in [-0.39, 0.29) is 17.8 Å². The average molecular weight is 355 g/mol. The molecule has 3 rings (SSSR count). The summed E-state index contributed by atoms with van der Waals surface area (Å²) in [5.74, 6) is -0.707. The first-order valence-corrected chi connectivity index (χ1v) is 9.30. The summed E-state index contributed by atoms with van der Waals surface area (Å²) in [7, 11) is 0. The summed E-state index contributed by atoms with van der Waals surface area (Å²) >= 11 is 1.41. The monoisotopic (exact) mass is 355 g/mol. The molecular formula is C20H21NO3S. The number of carbonyl (C=O) groups is 2. The van der Waals surface area contributed by atoms with Gasteiger partial charge < -0.3 is 10.1 Å².